The second-order valence-corrected chi connectivity index (χ2v) is 5.67. The molecule has 0 aromatic heterocycles. The first-order valence-electron chi connectivity index (χ1n) is 7.06. The van der Waals surface area contributed by atoms with Crippen molar-refractivity contribution in [3.63, 3.8) is 0 Å². The Morgan fingerprint density at radius 1 is 0.850 bits per heavy atom. The maximum absolute atomic E-state index is 12.1. The summed E-state index contributed by atoms with van der Waals surface area (Å²) in [7, 11) is -2.36. The molecule has 0 N–H and O–H groups in total. The van der Waals surface area contributed by atoms with Crippen LogP contribution in [0.5, 0.6) is 0 Å². The van der Waals surface area contributed by atoms with Gasteiger partial charge in [0.25, 0.3) is 0 Å². The Bertz CT molecular complexity index is 354. The molecule has 0 aliphatic carbocycles. The van der Waals surface area contributed by atoms with E-state index in [1.807, 2.05) is 27.7 Å². The maximum atomic E-state index is 12.1. The van der Waals surface area contributed by atoms with Gasteiger partial charge >= 0.3 is 8.25 Å². The van der Waals surface area contributed by atoms with Gasteiger partial charge in [-0.25, -0.2) is 0 Å². The first kappa shape index (κ1) is 19.0. The zero-order valence-corrected chi connectivity index (χ0v) is 13.7. The lowest BCUT2D eigenvalue weighted by molar-refractivity contribution is 0.00726. The molecule has 0 aliphatic rings. The van der Waals surface area contributed by atoms with Crippen molar-refractivity contribution in [2.24, 2.45) is 0 Å². The van der Waals surface area contributed by atoms with E-state index < -0.39 is 19.5 Å². The van der Waals surface area contributed by atoms with Crippen LogP contribution in [0.25, 0.3) is 0 Å². The van der Waals surface area contributed by atoms with Gasteiger partial charge < -0.3 is 0 Å². The SMILES string of the molecule is CCC(CC)(CC#N)O[P+](=O)OC(CC)(CC)CC#N. The van der Waals surface area contributed by atoms with E-state index in [4.69, 9.17) is 19.6 Å². The average Bonchev–Trinajstić information content (AvgIpc) is 2.46. The Morgan fingerprint density at radius 2 is 1.15 bits per heavy atom. The van der Waals surface area contributed by atoms with E-state index in [2.05, 4.69) is 12.1 Å². The van der Waals surface area contributed by atoms with Crippen LogP contribution >= 0.6 is 8.25 Å². The lowest BCUT2D eigenvalue weighted by Crippen LogP contribution is -2.31. The van der Waals surface area contributed by atoms with Crippen LogP contribution in [0.3, 0.4) is 0 Å². The zero-order chi connectivity index (χ0) is 15.6. The van der Waals surface area contributed by atoms with Gasteiger partial charge in [0.2, 0.25) is 0 Å². The number of hydrogen-bond acceptors (Lipinski definition) is 5. The second kappa shape index (κ2) is 9.03. The summed E-state index contributed by atoms with van der Waals surface area (Å²) in [6.45, 7) is 7.58. The molecular weight excluding hydrogens is 275 g/mol. The van der Waals surface area contributed by atoms with E-state index >= 15 is 0 Å². The van der Waals surface area contributed by atoms with E-state index in [1.165, 1.54) is 0 Å². The molecule has 0 aliphatic heterocycles. The molecule has 0 heterocycles. The summed E-state index contributed by atoms with van der Waals surface area (Å²) < 4.78 is 23.2. The first-order valence-corrected chi connectivity index (χ1v) is 8.16. The van der Waals surface area contributed by atoms with E-state index in [1.54, 1.807) is 0 Å². The van der Waals surface area contributed by atoms with Gasteiger partial charge in [0.15, 0.2) is 0 Å². The molecule has 0 unspecified atom stereocenters. The summed E-state index contributed by atoms with van der Waals surface area (Å²) in [6.07, 6.45) is 2.70. The fourth-order valence-electron chi connectivity index (χ4n) is 1.95. The molecule has 0 saturated carbocycles. The van der Waals surface area contributed by atoms with Crippen LogP contribution in [-0.2, 0) is 13.6 Å². The molecule has 0 aromatic carbocycles. The molecule has 0 fully saturated rings. The number of nitriles is 2. The fourth-order valence-corrected chi connectivity index (χ4v) is 3.26. The minimum Gasteiger partial charge on any atom is -0.198 e. The highest BCUT2D eigenvalue weighted by molar-refractivity contribution is 7.33. The highest BCUT2D eigenvalue weighted by Gasteiger charge is 2.45. The molecule has 0 spiro atoms. The molecule has 0 radical (unpaired) electrons. The largest absolute Gasteiger partial charge is 0.698 e. The Balaban J connectivity index is 4.91. The normalized spacial score (nSPS) is 11.7. The van der Waals surface area contributed by atoms with Crippen LogP contribution in [0.1, 0.15) is 66.2 Å². The van der Waals surface area contributed by atoms with Crippen LogP contribution in [-0.4, -0.2) is 11.2 Å². The molecule has 0 aromatic rings. The van der Waals surface area contributed by atoms with Gasteiger partial charge in [0.1, 0.15) is 11.2 Å². The summed E-state index contributed by atoms with van der Waals surface area (Å²) in [5.74, 6) is 0. The zero-order valence-electron chi connectivity index (χ0n) is 12.8. The van der Waals surface area contributed by atoms with E-state index in [0.29, 0.717) is 25.7 Å². The molecule has 0 saturated heterocycles. The maximum Gasteiger partial charge on any atom is 0.698 e. The van der Waals surface area contributed by atoms with Gasteiger partial charge in [-0.05, 0) is 25.7 Å². The summed E-state index contributed by atoms with van der Waals surface area (Å²) in [4.78, 5) is 0. The smallest absolute Gasteiger partial charge is 0.198 e. The van der Waals surface area contributed by atoms with Crippen molar-refractivity contribution >= 4 is 8.25 Å². The predicted molar refractivity (Wildman–Crippen MR) is 76.9 cm³/mol. The first-order chi connectivity index (χ1) is 9.46. The van der Waals surface area contributed by atoms with Crippen LogP contribution in [0.4, 0.5) is 0 Å². The lowest BCUT2D eigenvalue weighted by atomic mass is 9.94. The van der Waals surface area contributed by atoms with Crippen LogP contribution in [0, 0.1) is 22.7 Å². The van der Waals surface area contributed by atoms with Gasteiger partial charge in [-0.15, -0.1) is 9.05 Å². The van der Waals surface area contributed by atoms with Crippen molar-refractivity contribution in [1.29, 1.82) is 10.5 Å². The van der Waals surface area contributed by atoms with Gasteiger partial charge in [-0.3, -0.25) is 0 Å². The molecule has 6 heteroatoms. The van der Waals surface area contributed by atoms with Crippen molar-refractivity contribution in [2.45, 2.75) is 77.4 Å². The van der Waals surface area contributed by atoms with Crippen molar-refractivity contribution < 1.29 is 13.6 Å². The van der Waals surface area contributed by atoms with Crippen LogP contribution in [0.15, 0.2) is 0 Å². The highest BCUT2D eigenvalue weighted by Crippen LogP contribution is 2.43. The molecule has 0 amide bonds. The molecule has 112 valence electrons. The van der Waals surface area contributed by atoms with Gasteiger partial charge in [-0.2, -0.15) is 10.5 Å². The monoisotopic (exact) mass is 299 g/mol. The highest BCUT2D eigenvalue weighted by atomic mass is 31.1. The Morgan fingerprint density at radius 3 is 1.35 bits per heavy atom. The third kappa shape index (κ3) is 5.17. The molecule has 0 atom stereocenters. The summed E-state index contributed by atoms with van der Waals surface area (Å²) in [5.41, 5.74) is -1.47. The van der Waals surface area contributed by atoms with Crippen molar-refractivity contribution in [3.05, 3.63) is 0 Å². The van der Waals surface area contributed by atoms with E-state index in [0.717, 1.165) is 0 Å². The Kier molecular flexibility index (Phi) is 8.58. The van der Waals surface area contributed by atoms with Gasteiger partial charge in [-0.1, -0.05) is 27.7 Å². The van der Waals surface area contributed by atoms with Crippen molar-refractivity contribution in [1.82, 2.24) is 0 Å². The molecule has 0 bridgehead atoms. The standard InChI is InChI=1S/C14H24N2O3P/c1-5-13(6-2,9-11-15)18-20(17)19-14(7-3,8-4)10-12-16/h5-10H2,1-4H3/q+1. The summed E-state index contributed by atoms with van der Waals surface area (Å²) in [6, 6.07) is 4.14. The average molecular weight is 299 g/mol. The second-order valence-electron chi connectivity index (χ2n) is 4.86. The fraction of sp³-hybridized carbons (Fsp3) is 0.857. The number of hydrogen-bond donors (Lipinski definition) is 0. The minimum absolute atomic E-state index is 0.175. The van der Waals surface area contributed by atoms with Gasteiger partial charge in [0, 0.05) is 4.57 Å². The summed E-state index contributed by atoms with van der Waals surface area (Å²) >= 11 is 0. The topological polar surface area (TPSA) is 83.1 Å². The molecular formula is C14H24N2O3P+. The molecule has 20 heavy (non-hydrogen) atoms. The number of rotatable bonds is 10. The quantitative estimate of drug-likeness (QED) is 0.549. The Hall–Kier alpha value is -1.00. The van der Waals surface area contributed by atoms with Gasteiger partial charge in [0.05, 0.1) is 25.0 Å². The van der Waals surface area contributed by atoms with E-state index in [-0.39, 0.29) is 12.8 Å². The summed E-state index contributed by atoms with van der Waals surface area (Å²) in [5, 5.41) is 17.8. The lowest BCUT2D eigenvalue weighted by Gasteiger charge is -2.25. The predicted octanol–water partition coefficient (Wildman–Crippen LogP) is 4.62. The third-order valence-corrected chi connectivity index (χ3v) is 4.99. The van der Waals surface area contributed by atoms with Crippen LogP contribution in [0.2, 0.25) is 0 Å². The number of nitrogens with zero attached hydrogens (tertiary/aromatic N) is 2. The molecule has 5 nitrogen and oxygen atoms in total. The Labute approximate surface area is 122 Å². The van der Waals surface area contributed by atoms with Crippen LogP contribution < -0.4 is 0 Å². The van der Waals surface area contributed by atoms with E-state index in [9.17, 15) is 4.57 Å². The minimum atomic E-state index is -2.36. The molecule has 0 rings (SSSR count). The third-order valence-electron chi connectivity index (χ3n) is 3.92. The van der Waals surface area contributed by atoms with Crippen molar-refractivity contribution in [2.75, 3.05) is 0 Å². The van der Waals surface area contributed by atoms with Crippen molar-refractivity contribution in [3.8, 4) is 12.1 Å².